The molecule has 0 amide bonds. The molecular formula is C14H19ClN2O5. The van der Waals surface area contributed by atoms with Crippen molar-refractivity contribution in [2.45, 2.75) is 13.8 Å². The van der Waals surface area contributed by atoms with Gasteiger partial charge in [-0.05, 0) is 38.1 Å². The third-order valence-corrected chi connectivity index (χ3v) is 3.12. The van der Waals surface area contributed by atoms with Crippen LogP contribution in [0.15, 0.2) is 30.3 Å². The van der Waals surface area contributed by atoms with Gasteiger partial charge in [0.2, 0.25) is 5.69 Å². The molecule has 0 aliphatic heterocycles. The van der Waals surface area contributed by atoms with Crippen LogP contribution in [0.4, 0.5) is 0 Å². The third-order valence-electron chi connectivity index (χ3n) is 3.12. The number of hydrogen-bond acceptors (Lipinski definition) is 5. The summed E-state index contributed by atoms with van der Waals surface area (Å²) in [5.74, 6) is 0.923. The molecule has 22 heavy (non-hydrogen) atoms. The van der Waals surface area contributed by atoms with Gasteiger partial charge in [0.1, 0.15) is 5.75 Å². The quantitative estimate of drug-likeness (QED) is 0.576. The lowest BCUT2D eigenvalue weighted by atomic mass is 10.1. The minimum absolute atomic E-state index is 0.706. The molecule has 0 saturated carbocycles. The number of rotatable bonds is 3. The first-order valence-electron chi connectivity index (χ1n) is 6.51. The number of nitrogens with zero attached hydrogens (tertiary/aromatic N) is 2. The van der Waals surface area contributed by atoms with Gasteiger partial charge in [0.05, 0.1) is 19.3 Å². The molecule has 0 radical (unpaired) electrons. The number of halogens is 1. The molecule has 0 fully saturated rings. The zero-order valence-electron chi connectivity index (χ0n) is 12.9. The molecule has 1 aromatic carbocycles. The van der Waals surface area contributed by atoms with E-state index in [0.29, 0.717) is 6.61 Å². The molecule has 0 aliphatic rings. The number of ether oxygens (including phenoxy) is 1. The maximum atomic E-state index is 8.49. The number of aryl methyl sites for hydroxylation is 1. The zero-order valence-corrected chi connectivity index (χ0v) is 13.7. The average Bonchev–Trinajstić information content (AvgIpc) is 2.66. The van der Waals surface area contributed by atoms with E-state index < -0.39 is 10.2 Å². The van der Waals surface area contributed by atoms with Crippen molar-refractivity contribution in [2.75, 3.05) is 6.61 Å². The summed E-state index contributed by atoms with van der Waals surface area (Å²) in [6.45, 7) is 4.81. The van der Waals surface area contributed by atoms with Crippen molar-refractivity contribution in [2.24, 2.45) is 14.1 Å². The van der Waals surface area contributed by atoms with Gasteiger partial charge in [-0.1, -0.05) is 0 Å². The SMILES string of the molecule is CCOc1ccc(-c2cc(C)n(C)[n+]2C)cc1.[O-][Cl+3]([O-])([O-])[O-]. The van der Waals surface area contributed by atoms with Crippen LogP contribution in [-0.4, -0.2) is 11.3 Å². The highest BCUT2D eigenvalue weighted by Crippen LogP contribution is 2.20. The summed E-state index contributed by atoms with van der Waals surface area (Å²) in [5.41, 5.74) is 3.67. The fraction of sp³-hybridized carbons (Fsp3) is 0.357. The molecule has 0 spiro atoms. The average molecular weight is 331 g/mol. The largest absolute Gasteiger partial charge is 0.494 e. The number of benzene rings is 1. The van der Waals surface area contributed by atoms with Gasteiger partial charge in [-0.3, -0.25) is 0 Å². The summed E-state index contributed by atoms with van der Waals surface area (Å²) in [4.78, 5) is 0. The molecular weight excluding hydrogens is 312 g/mol. The number of aromatic nitrogens is 2. The molecule has 0 N–H and O–H groups in total. The van der Waals surface area contributed by atoms with Crippen LogP contribution in [0.3, 0.4) is 0 Å². The third kappa shape index (κ3) is 5.63. The van der Waals surface area contributed by atoms with Crippen molar-refractivity contribution < 1.29 is 38.3 Å². The topological polar surface area (TPSA) is 110 Å². The Hall–Kier alpha value is -1.64. The lowest BCUT2D eigenvalue weighted by Crippen LogP contribution is -2.68. The minimum atomic E-state index is -4.94. The van der Waals surface area contributed by atoms with E-state index in [9.17, 15) is 0 Å². The molecule has 0 bridgehead atoms. The van der Waals surface area contributed by atoms with E-state index in [1.54, 1.807) is 0 Å². The molecule has 0 saturated heterocycles. The Morgan fingerprint density at radius 3 is 2.00 bits per heavy atom. The molecule has 2 rings (SSSR count). The monoisotopic (exact) mass is 330 g/mol. The molecule has 8 heteroatoms. The van der Waals surface area contributed by atoms with Crippen molar-refractivity contribution in [3.63, 3.8) is 0 Å². The lowest BCUT2D eigenvalue weighted by Gasteiger charge is -2.17. The maximum Gasteiger partial charge on any atom is 0.238 e. The summed E-state index contributed by atoms with van der Waals surface area (Å²) in [7, 11) is -0.813. The molecule has 7 nitrogen and oxygen atoms in total. The van der Waals surface area contributed by atoms with Gasteiger partial charge in [-0.2, -0.15) is 4.68 Å². The van der Waals surface area contributed by atoms with Crippen molar-refractivity contribution in [3.8, 4) is 17.0 Å². The Labute approximate surface area is 131 Å². The van der Waals surface area contributed by atoms with Crippen molar-refractivity contribution in [1.29, 1.82) is 0 Å². The first-order valence-corrected chi connectivity index (χ1v) is 7.74. The molecule has 0 atom stereocenters. The van der Waals surface area contributed by atoms with Gasteiger partial charge in [-0.15, -0.1) is 14.9 Å². The molecule has 0 aliphatic carbocycles. The summed E-state index contributed by atoms with van der Waals surface area (Å²) < 4.78 is 43.7. The Kier molecular flexibility index (Phi) is 6.34. The smallest absolute Gasteiger partial charge is 0.238 e. The summed E-state index contributed by atoms with van der Waals surface area (Å²) in [6, 6.07) is 10.4. The summed E-state index contributed by atoms with van der Waals surface area (Å²) >= 11 is 0. The van der Waals surface area contributed by atoms with Gasteiger partial charge in [0.25, 0.3) is 0 Å². The van der Waals surface area contributed by atoms with E-state index in [2.05, 4.69) is 48.6 Å². The van der Waals surface area contributed by atoms with Crippen LogP contribution in [0.1, 0.15) is 12.6 Å². The molecule has 122 valence electrons. The second-order valence-electron chi connectivity index (χ2n) is 4.55. The highest BCUT2D eigenvalue weighted by molar-refractivity contribution is 5.57. The minimum Gasteiger partial charge on any atom is -0.494 e. The maximum absolute atomic E-state index is 8.49. The van der Waals surface area contributed by atoms with Crippen molar-refractivity contribution in [1.82, 2.24) is 4.68 Å². The van der Waals surface area contributed by atoms with Gasteiger partial charge >= 0.3 is 0 Å². The highest BCUT2D eigenvalue weighted by atomic mass is 35.7. The highest BCUT2D eigenvalue weighted by Gasteiger charge is 2.15. The van der Waals surface area contributed by atoms with Gasteiger partial charge in [-0.25, -0.2) is 18.6 Å². The van der Waals surface area contributed by atoms with Crippen LogP contribution in [0.25, 0.3) is 11.3 Å². The first-order chi connectivity index (χ1) is 10.1. The zero-order chi connectivity index (χ0) is 16.9. The standard InChI is InChI=1S/C14H19N2O.ClHO4/c1-5-17-13-8-6-12(7-9-13)14-10-11(2)15(3)16(14)4;2-1(3,4)5/h6-10H,5H2,1-4H3;(H,2,3,4,5)/q+1;/p-1. The van der Waals surface area contributed by atoms with Gasteiger partial charge in [0, 0.05) is 11.6 Å². The van der Waals surface area contributed by atoms with Gasteiger partial charge < -0.3 is 4.74 Å². The van der Waals surface area contributed by atoms with E-state index in [1.807, 2.05) is 19.1 Å². The second kappa shape index (κ2) is 7.57. The van der Waals surface area contributed by atoms with Crippen LogP contribution < -0.4 is 28.1 Å². The first kappa shape index (κ1) is 18.4. The predicted octanol–water partition coefficient (Wildman–Crippen LogP) is -2.53. The van der Waals surface area contributed by atoms with Crippen LogP contribution in [0.5, 0.6) is 5.75 Å². The van der Waals surface area contributed by atoms with Crippen LogP contribution in [0, 0.1) is 17.2 Å². The molecule has 1 heterocycles. The summed E-state index contributed by atoms with van der Waals surface area (Å²) in [6.07, 6.45) is 0. The van der Waals surface area contributed by atoms with E-state index in [1.165, 1.54) is 17.0 Å². The molecule has 2 aromatic rings. The fourth-order valence-electron chi connectivity index (χ4n) is 1.94. The van der Waals surface area contributed by atoms with Crippen molar-refractivity contribution >= 4 is 0 Å². The van der Waals surface area contributed by atoms with E-state index in [-0.39, 0.29) is 0 Å². The number of hydrogen-bond donors (Lipinski definition) is 0. The molecule has 0 unspecified atom stereocenters. The Bertz CT molecular complexity index is 599. The van der Waals surface area contributed by atoms with E-state index in [4.69, 9.17) is 23.4 Å². The van der Waals surface area contributed by atoms with E-state index >= 15 is 0 Å². The second-order valence-corrected chi connectivity index (χ2v) is 5.31. The lowest BCUT2D eigenvalue weighted by molar-refractivity contribution is -2.00. The Balaban J connectivity index is 0.000000422. The van der Waals surface area contributed by atoms with E-state index in [0.717, 1.165) is 5.75 Å². The predicted molar refractivity (Wildman–Crippen MR) is 67.9 cm³/mol. The Morgan fingerprint density at radius 1 is 1.14 bits per heavy atom. The van der Waals surface area contributed by atoms with Crippen LogP contribution in [-0.2, 0) is 14.1 Å². The van der Waals surface area contributed by atoms with Crippen LogP contribution >= 0.6 is 0 Å². The van der Waals surface area contributed by atoms with Gasteiger partial charge in [0.15, 0.2) is 7.05 Å². The molecule has 1 aromatic heterocycles. The van der Waals surface area contributed by atoms with Crippen molar-refractivity contribution in [3.05, 3.63) is 36.0 Å². The Morgan fingerprint density at radius 2 is 1.64 bits per heavy atom. The fourth-order valence-corrected chi connectivity index (χ4v) is 1.94. The van der Waals surface area contributed by atoms with Crippen LogP contribution in [0.2, 0.25) is 0 Å². The normalized spacial score (nSPS) is 10.9. The summed E-state index contributed by atoms with van der Waals surface area (Å²) in [5, 5.41) is 0.